The summed E-state index contributed by atoms with van der Waals surface area (Å²) in [6.45, 7) is 7.08. The van der Waals surface area contributed by atoms with Crippen molar-refractivity contribution in [3.8, 4) is 0 Å². The Morgan fingerprint density at radius 2 is 2.28 bits per heavy atom. The van der Waals surface area contributed by atoms with Gasteiger partial charge in [-0.1, -0.05) is 13.8 Å². The first-order chi connectivity index (χ1) is 8.58. The van der Waals surface area contributed by atoms with E-state index in [-0.39, 0.29) is 12.5 Å². The van der Waals surface area contributed by atoms with Crippen molar-refractivity contribution in [2.45, 2.75) is 40.0 Å². The minimum Gasteiger partial charge on any atom is -0.396 e. The zero-order valence-corrected chi connectivity index (χ0v) is 12.3. The number of hydrogen-bond donors (Lipinski definition) is 2. The van der Waals surface area contributed by atoms with E-state index in [4.69, 9.17) is 5.11 Å². The molecule has 1 aromatic heterocycles. The third kappa shape index (κ3) is 4.42. The summed E-state index contributed by atoms with van der Waals surface area (Å²) in [6.07, 6.45) is 2.84. The molecule has 1 atom stereocenters. The molecule has 0 saturated carbocycles. The highest BCUT2D eigenvalue weighted by Crippen LogP contribution is 2.21. The lowest BCUT2D eigenvalue weighted by Gasteiger charge is -2.07. The lowest BCUT2D eigenvalue weighted by atomic mass is 10.1. The first-order valence-corrected chi connectivity index (χ1v) is 7.38. The number of aliphatic hydroxyl groups excluding tert-OH is 1. The van der Waals surface area contributed by atoms with Gasteiger partial charge in [-0.05, 0) is 43.7 Å². The topological polar surface area (TPSA) is 49.3 Å². The van der Waals surface area contributed by atoms with Gasteiger partial charge in [0.2, 0.25) is 0 Å². The monoisotopic (exact) mass is 269 g/mol. The van der Waals surface area contributed by atoms with E-state index in [0.29, 0.717) is 12.5 Å². The van der Waals surface area contributed by atoms with Crippen LogP contribution in [0.5, 0.6) is 0 Å². The van der Waals surface area contributed by atoms with E-state index in [0.717, 1.165) is 24.1 Å². The van der Waals surface area contributed by atoms with E-state index in [1.165, 1.54) is 10.4 Å². The van der Waals surface area contributed by atoms with Crippen LogP contribution in [0.3, 0.4) is 0 Å². The summed E-state index contributed by atoms with van der Waals surface area (Å²) in [5.41, 5.74) is 1.26. The summed E-state index contributed by atoms with van der Waals surface area (Å²) < 4.78 is 0. The number of aliphatic hydroxyl groups is 1. The number of hydrogen-bond acceptors (Lipinski definition) is 3. The van der Waals surface area contributed by atoms with E-state index < -0.39 is 0 Å². The summed E-state index contributed by atoms with van der Waals surface area (Å²) in [4.78, 5) is 13.9. The van der Waals surface area contributed by atoms with Crippen LogP contribution in [0.4, 0.5) is 0 Å². The molecule has 0 fully saturated rings. The molecule has 102 valence electrons. The summed E-state index contributed by atoms with van der Waals surface area (Å²) >= 11 is 1.56. The summed E-state index contributed by atoms with van der Waals surface area (Å²) in [5.74, 6) is 0.344. The average molecular weight is 269 g/mol. The Kier molecular flexibility index (Phi) is 6.36. The molecule has 1 rings (SSSR count). The third-order valence-electron chi connectivity index (χ3n) is 3.10. The molecule has 0 saturated heterocycles. The zero-order valence-electron chi connectivity index (χ0n) is 11.5. The molecule has 0 aliphatic rings. The third-order valence-corrected chi connectivity index (χ3v) is 4.19. The van der Waals surface area contributed by atoms with Crippen LogP contribution >= 0.6 is 11.3 Å². The molecule has 1 aromatic rings. The fourth-order valence-corrected chi connectivity index (χ4v) is 2.84. The Labute approximate surface area is 113 Å². The first kappa shape index (κ1) is 15.2. The van der Waals surface area contributed by atoms with Crippen molar-refractivity contribution in [1.29, 1.82) is 0 Å². The number of aryl methyl sites for hydroxylation is 2. The van der Waals surface area contributed by atoms with Crippen molar-refractivity contribution in [2.75, 3.05) is 13.2 Å². The molecule has 1 heterocycles. The van der Waals surface area contributed by atoms with Crippen molar-refractivity contribution < 1.29 is 9.90 Å². The highest BCUT2D eigenvalue weighted by molar-refractivity contribution is 7.14. The van der Waals surface area contributed by atoms with Crippen molar-refractivity contribution in [2.24, 2.45) is 5.92 Å². The Morgan fingerprint density at radius 1 is 1.56 bits per heavy atom. The number of rotatable bonds is 7. The van der Waals surface area contributed by atoms with Crippen molar-refractivity contribution in [3.05, 3.63) is 21.4 Å². The van der Waals surface area contributed by atoms with Gasteiger partial charge in [-0.25, -0.2) is 0 Å². The van der Waals surface area contributed by atoms with Crippen LogP contribution in [0, 0.1) is 12.8 Å². The van der Waals surface area contributed by atoms with Crippen molar-refractivity contribution in [1.82, 2.24) is 5.32 Å². The molecular formula is C14H23NO2S. The van der Waals surface area contributed by atoms with Gasteiger partial charge in [-0.15, -0.1) is 11.3 Å². The second kappa shape index (κ2) is 7.54. The zero-order chi connectivity index (χ0) is 13.5. The van der Waals surface area contributed by atoms with Crippen LogP contribution in [0.25, 0.3) is 0 Å². The van der Waals surface area contributed by atoms with E-state index in [1.54, 1.807) is 11.3 Å². The molecule has 0 aliphatic heterocycles. The highest BCUT2D eigenvalue weighted by Gasteiger charge is 2.11. The molecule has 0 aromatic carbocycles. The molecular weight excluding hydrogens is 246 g/mol. The second-order valence-corrected chi connectivity index (χ2v) is 5.99. The molecule has 2 N–H and O–H groups in total. The average Bonchev–Trinajstić information content (AvgIpc) is 2.75. The minimum atomic E-state index is 0.0273. The number of thiophene rings is 1. The van der Waals surface area contributed by atoms with Gasteiger partial charge in [0.25, 0.3) is 5.91 Å². The predicted octanol–water partition coefficient (Wildman–Crippen LogP) is 2.76. The van der Waals surface area contributed by atoms with Gasteiger partial charge in [0.05, 0.1) is 4.88 Å². The lowest BCUT2D eigenvalue weighted by molar-refractivity contribution is 0.0956. The molecule has 4 heteroatoms. The summed E-state index contributed by atoms with van der Waals surface area (Å²) in [7, 11) is 0. The maximum Gasteiger partial charge on any atom is 0.261 e. The Hall–Kier alpha value is -0.870. The fraction of sp³-hybridized carbons (Fsp3) is 0.643. The highest BCUT2D eigenvalue weighted by atomic mass is 32.1. The van der Waals surface area contributed by atoms with Gasteiger partial charge in [0, 0.05) is 18.0 Å². The van der Waals surface area contributed by atoms with Gasteiger partial charge in [-0.3, -0.25) is 4.79 Å². The molecule has 18 heavy (non-hydrogen) atoms. The fourth-order valence-electron chi connectivity index (χ4n) is 1.81. The molecule has 0 aliphatic carbocycles. The Balaban J connectivity index is 2.36. The molecule has 1 amide bonds. The molecule has 0 bridgehead atoms. The van der Waals surface area contributed by atoms with Gasteiger partial charge >= 0.3 is 0 Å². The van der Waals surface area contributed by atoms with Gasteiger partial charge in [0.15, 0.2) is 0 Å². The molecule has 3 nitrogen and oxygen atoms in total. The normalized spacial score (nSPS) is 12.4. The Bertz CT molecular complexity index is 387. The summed E-state index contributed by atoms with van der Waals surface area (Å²) in [5, 5.41) is 11.8. The molecule has 0 radical (unpaired) electrons. The minimum absolute atomic E-state index is 0.0273. The van der Waals surface area contributed by atoms with E-state index in [2.05, 4.69) is 19.2 Å². The van der Waals surface area contributed by atoms with Crippen molar-refractivity contribution in [3.63, 3.8) is 0 Å². The smallest absolute Gasteiger partial charge is 0.261 e. The van der Waals surface area contributed by atoms with Crippen LogP contribution in [-0.2, 0) is 6.42 Å². The molecule has 1 unspecified atom stereocenters. The maximum absolute atomic E-state index is 11.9. The van der Waals surface area contributed by atoms with E-state index in [9.17, 15) is 4.79 Å². The van der Waals surface area contributed by atoms with Crippen LogP contribution in [0.2, 0.25) is 0 Å². The van der Waals surface area contributed by atoms with Crippen LogP contribution in [-0.4, -0.2) is 24.2 Å². The quantitative estimate of drug-likeness (QED) is 0.748. The number of amides is 1. The van der Waals surface area contributed by atoms with Gasteiger partial charge < -0.3 is 10.4 Å². The molecule has 0 spiro atoms. The van der Waals surface area contributed by atoms with Crippen molar-refractivity contribution >= 4 is 17.2 Å². The number of carbonyl (C=O) groups is 1. The van der Waals surface area contributed by atoms with Crippen LogP contribution in [0.15, 0.2) is 6.07 Å². The summed E-state index contributed by atoms with van der Waals surface area (Å²) in [6, 6.07) is 1.99. The standard InChI is InChI=1S/C14H23NO2S/c1-4-12-8-13(18-11(12)3)14(17)15-7-5-6-10(2)9-16/h8,10,16H,4-7,9H2,1-3H3,(H,15,17). The van der Waals surface area contributed by atoms with E-state index in [1.807, 2.05) is 13.0 Å². The number of carbonyl (C=O) groups excluding carboxylic acids is 1. The first-order valence-electron chi connectivity index (χ1n) is 6.56. The predicted molar refractivity (Wildman–Crippen MR) is 76.3 cm³/mol. The maximum atomic E-state index is 11.9. The largest absolute Gasteiger partial charge is 0.396 e. The van der Waals surface area contributed by atoms with Gasteiger partial charge in [-0.2, -0.15) is 0 Å². The van der Waals surface area contributed by atoms with Crippen LogP contribution in [0.1, 0.15) is 46.8 Å². The van der Waals surface area contributed by atoms with Gasteiger partial charge in [0.1, 0.15) is 0 Å². The Morgan fingerprint density at radius 3 is 2.83 bits per heavy atom. The second-order valence-electron chi connectivity index (χ2n) is 4.73. The SMILES string of the molecule is CCc1cc(C(=O)NCCCC(C)CO)sc1C. The number of nitrogens with one attached hydrogen (secondary N) is 1. The van der Waals surface area contributed by atoms with Crippen LogP contribution < -0.4 is 5.32 Å². The lowest BCUT2D eigenvalue weighted by Crippen LogP contribution is -2.24. The van der Waals surface area contributed by atoms with E-state index >= 15 is 0 Å².